The van der Waals surface area contributed by atoms with Gasteiger partial charge >= 0.3 is 24.1 Å². The first-order valence-electron chi connectivity index (χ1n) is 11.4. The lowest BCUT2D eigenvalue weighted by Gasteiger charge is -2.31. The lowest BCUT2D eigenvalue weighted by molar-refractivity contribution is -0.172. The largest absolute Gasteiger partial charge is 0.465 e. The van der Waals surface area contributed by atoms with Gasteiger partial charge in [-0.3, -0.25) is 9.59 Å². The van der Waals surface area contributed by atoms with Crippen molar-refractivity contribution in [3.05, 3.63) is 0 Å². The molecule has 0 bridgehead atoms. The molecule has 0 heterocycles. The number of amides is 2. The second-order valence-electron chi connectivity index (χ2n) is 10.4. The van der Waals surface area contributed by atoms with Crippen LogP contribution >= 0.6 is 0 Å². The Morgan fingerprint density at radius 1 is 0.879 bits per heavy atom. The predicted molar refractivity (Wildman–Crippen MR) is 120 cm³/mol. The molecular weight excluding hydrogens is 432 g/mol. The average molecular weight is 473 g/mol. The Morgan fingerprint density at radius 3 is 1.79 bits per heavy atom. The Hall–Kier alpha value is -2.52. The molecule has 33 heavy (non-hydrogen) atoms. The number of hydrogen-bond donors (Lipinski definition) is 1. The van der Waals surface area contributed by atoms with Gasteiger partial charge in [0.05, 0.1) is 13.2 Å². The molecule has 1 rings (SSSR count). The first-order valence-corrected chi connectivity index (χ1v) is 11.4. The van der Waals surface area contributed by atoms with Crippen LogP contribution in [0.15, 0.2) is 0 Å². The van der Waals surface area contributed by atoms with Crippen LogP contribution in [0.5, 0.6) is 0 Å². The van der Waals surface area contributed by atoms with Crippen molar-refractivity contribution >= 4 is 24.1 Å². The fourth-order valence-corrected chi connectivity index (χ4v) is 3.78. The van der Waals surface area contributed by atoms with E-state index >= 15 is 0 Å². The highest BCUT2D eigenvalue weighted by Gasteiger charge is 2.57. The maximum Gasteiger partial charge on any atom is 0.429 e. The topological polar surface area (TPSA) is 120 Å². The average Bonchev–Trinajstić information content (AvgIpc) is 2.96. The maximum absolute atomic E-state index is 12.8. The Morgan fingerprint density at radius 2 is 1.36 bits per heavy atom. The molecule has 0 aromatic rings. The molecule has 0 radical (unpaired) electrons. The molecule has 0 spiro atoms. The summed E-state index contributed by atoms with van der Waals surface area (Å²) in [4.78, 5) is 50.8. The van der Waals surface area contributed by atoms with Gasteiger partial charge in [-0.05, 0) is 80.1 Å². The highest BCUT2D eigenvalue weighted by molar-refractivity contribution is 6.00. The first-order chi connectivity index (χ1) is 15.0. The summed E-state index contributed by atoms with van der Waals surface area (Å²) in [5, 5.41) is 1.03. The van der Waals surface area contributed by atoms with Gasteiger partial charge in [-0.2, -0.15) is 0 Å². The van der Waals surface area contributed by atoms with Gasteiger partial charge in [0.25, 0.3) is 0 Å². The van der Waals surface area contributed by atoms with E-state index in [0.717, 1.165) is 5.01 Å². The van der Waals surface area contributed by atoms with E-state index in [-0.39, 0.29) is 44.4 Å². The van der Waals surface area contributed by atoms with E-state index < -0.39 is 40.7 Å². The van der Waals surface area contributed by atoms with Gasteiger partial charge in [-0.15, -0.1) is 0 Å². The summed E-state index contributed by atoms with van der Waals surface area (Å²) in [7, 11) is 0. The van der Waals surface area contributed by atoms with Crippen LogP contribution in [-0.4, -0.2) is 60.1 Å². The fourth-order valence-electron chi connectivity index (χ4n) is 3.78. The van der Waals surface area contributed by atoms with Crippen molar-refractivity contribution in [2.24, 2.45) is 17.3 Å². The van der Waals surface area contributed by atoms with Crippen molar-refractivity contribution in [1.82, 2.24) is 10.4 Å². The summed E-state index contributed by atoms with van der Waals surface area (Å²) in [6.45, 7) is 15.7. The van der Waals surface area contributed by atoms with Crippen molar-refractivity contribution in [1.29, 1.82) is 0 Å². The van der Waals surface area contributed by atoms with E-state index in [9.17, 15) is 19.2 Å². The molecule has 0 aromatic carbocycles. The third-order valence-electron chi connectivity index (χ3n) is 5.07. The van der Waals surface area contributed by atoms with Gasteiger partial charge in [-0.1, -0.05) is 6.92 Å². The van der Waals surface area contributed by atoms with Gasteiger partial charge in [0, 0.05) is 6.54 Å². The normalized spacial score (nSPS) is 19.9. The summed E-state index contributed by atoms with van der Waals surface area (Å²) in [6.07, 6.45) is -1.27. The van der Waals surface area contributed by atoms with E-state index in [1.165, 1.54) is 0 Å². The zero-order chi connectivity index (χ0) is 25.6. The molecule has 10 nitrogen and oxygen atoms in total. The van der Waals surface area contributed by atoms with Gasteiger partial charge in [0.15, 0.2) is 5.41 Å². The number of nitrogens with one attached hydrogen (secondary N) is 1. The molecule has 2 amide bonds. The first kappa shape index (κ1) is 28.5. The summed E-state index contributed by atoms with van der Waals surface area (Å²) in [6, 6.07) is 0. The molecule has 0 aromatic heterocycles. The third-order valence-corrected chi connectivity index (χ3v) is 5.07. The van der Waals surface area contributed by atoms with E-state index in [4.69, 9.17) is 18.9 Å². The number of nitrogens with zero attached hydrogens (tertiary/aromatic N) is 1. The second kappa shape index (κ2) is 11.1. The number of hydrogen-bond acceptors (Lipinski definition) is 8. The molecule has 2 unspecified atom stereocenters. The number of carbonyl (C=O) groups is 4. The molecule has 1 saturated carbocycles. The van der Waals surface area contributed by atoms with Gasteiger partial charge in [-0.25, -0.2) is 20.0 Å². The predicted octanol–water partition coefficient (Wildman–Crippen LogP) is 3.82. The molecule has 1 fully saturated rings. The number of rotatable bonds is 6. The van der Waals surface area contributed by atoms with Gasteiger partial charge < -0.3 is 18.9 Å². The summed E-state index contributed by atoms with van der Waals surface area (Å²) in [5.74, 6) is -1.74. The third kappa shape index (κ3) is 8.40. The molecule has 2 atom stereocenters. The smallest absolute Gasteiger partial charge is 0.429 e. The van der Waals surface area contributed by atoms with E-state index in [1.54, 1.807) is 55.4 Å². The number of esters is 2. The zero-order valence-electron chi connectivity index (χ0n) is 21.4. The van der Waals surface area contributed by atoms with Crippen molar-refractivity contribution < 1.29 is 38.1 Å². The van der Waals surface area contributed by atoms with Crippen LogP contribution in [0.1, 0.15) is 75.2 Å². The van der Waals surface area contributed by atoms with Crippen LogP contribution in [0.25, 0.3) is 0 Å². The lowest BCUT2D eigenvalue weighted by atomic mass is 9.85. The summed E-state index contributed by atoms with van der Waals surface area (Å²) < 4.78 is 21.1. The Bertz CT molecular complexity index is 705. The minimum atomic E-state index is -1.46. The number of ether oxygens (including phenoxy) is 4. The molecule has 1 aliphatic rings. The Labute approximate surface area is 196 Å². The van der Waals surface area contributed by atoms with Gasteiger partial charge in [0.1, 0.15) is 11.2 Å². The minimum absolute atomic E-state index is 0.00980. The van der Waals surface area contributed by atoms with Crippen LogP contribution in [0.4, 0.5) is 9.59 Å². The molecular formula is C23H40N2O8. The van der Waals surface area contributed by atoms with Crippen LogP contribution < -0.4 is 5.43 Å². The second-order valence-corrected chi connectivity index (χ2v) is 10.4. The van der Waals surface area contributed by atoms with Crippen LogP contribution in [0, 0.1) is 17.3 Å². The van der Waals surface area contributed by atoms with E-state index in [2.05, 4.69) is 5.43 Å². The molecule has 0 aliphatic heterocycles. The van der Waals surface area contributed by atoms with Crippen molar-refractivity contribution in [3.8, 4) is 0 Å². The molecule has 1 N–H and O–H groups in total. The summed E-state index contributed by atoms with van der Waals surface area (Å²) in [5.41, 5.74) is -0.582. The van der Waals surface area contributed by atoms with Crippen molar-refractivity contribution in [2.75, 3.05) is 19.8 Å². The Kier molecular flexibility index (Phi) is 9.56. The van der Waals surface area contributed by atoms with Crippen LogP contribution in [-0.2, 0) is 28.5 Å². The van der Waals surface area contributed by atoms with Crippen LogP contribution in [0.2, 0.25) is 0 Å². The Balaban J connectivity index is 3.16. The summed E-state index contributed by atoms with van der Waals surface area (Å²) >= 11 is 0. The fraction of sp³-hybridized carbons (Fsp3) is 0.826. The number of hydrazine groups is 1. The molecule has 1 aliphatic carbocycles. The van der Waals surface area contributed by atoms with Crippen LogP contribution in [0.3, 0.4) is 0 Å². The van der Waals surface area contributed by atoms with Crippen molar-refractivity contribution in [2.45, 2.75) is 86.4 Å². The molecule has 0 saturated heterocycles. The highest BCUT2D eigenvalue weighted by atomic mass is 16.6. The minimum Gasteiger partial charge on any atom is -0.465 e. The number of carbonyl (C=O) groups excluding carboxylic acids is 4. The van der Waals surface area contributed by atoms with Gasteiger partial charge in [0.2, 0.25) is 0 Å². The standard InChI is InChI=1S/C23H40N2O8/c1-10-30-17(26)23(18(27)31-11-2)12-15(3)16(13-23)14-25(20(29)33-22(7,8)9)24-19(28)32-21(4,5)6/h15-16H,10-14H2,1-9H3,(H,24,28). The SMILES string of the molecule is CCOC(=O)C1(C(=O)OCC)CC(C)C(CN(NC(=O)OC(C)(C)C)C(=O)OC(C)(C)C)C1. The zero-order valence-corrected chi connectivity index (χ0v) is 21.4. The van der Waals surface area contributed by atoms with E-state index in [0.29, 0.717) is 0 Å². The molecule has 10 heteroatoms. The lowest BCUT2D eigenvalue weighted by Crippen LogP contribution is -2.51. The van der Waals surface area contributed by atoms with Crippen molar-refractivity contribution in [3.63, 3.8) is 0 Å². The molecule has 190 valence electrons. The monoisotopic (exact) mass is 472 g/mol. The highest BCUT2D eigenvalue weighted by Crippen LogP contribution is 2.47. The maximum atomic E-state index is 12.8. The quantitative estimate of drug-likeness (QED) is 0.268. The van der Waals surface area contributed by atoms with E-state index in [1.807, 2.05) is 6.92 Å².